The molecule has 39 heavy (non-hydrogen) atoms. The van der Waals surface area contributed by atoms with Gasteiger partial charge in [-0.3, -0.25) is 19.7 Å². The molecule has 4 aromatic heterocycles. The van der Waals surface area contributed by atoms with Gasteiger partial charge in [0.1, 0.15) is 16.8 Å². The van der Waals surface area contributed by atoms with Crippen molar-refractivity contribution in [3.63, 3.8) is 0 Å². The van der Waals surface area contributed by atoms with Crippen LogP contribution in [0, 0.1) is 6.92 Å². The number of nitrogens with one attached hydrogen (secondary N) is 2. The Bertz CT molecular complexity index is 1690. The molecule has 0 aliphatic carbocycles. The number of carbonyl (C=O) groups is 1. The fourth-order valence-electron chi connectivity index (χ4n) is 5.11. The highest BCUT2D eigenvalue weighted by molar-refractivity contribution is 6.30. The van der Waals surface area contributed by atoms with E-state index in [9.17, 15) is 4.79 Å². The molecule has 0 bridgehead atoms. The fraction of sp³-hybridized carbons (Fsp3) is 0.250. The number of halogens is 1. The summed E-state index contributed by atoms with van der Waals surface area (Å²) in [6, 6.07) is 7.84. The highest BCUT2D eigenvalue weighted by atomic mass is 35.5. The van der Waals surface area contributed by atoms with Crippen molar-refractivity contribution < 1.29 is 9.53 Å². The van der Waals surface area contributed by atoms with E-state index in [0.717, 1.165) is 24.5 Å². The molecule has 1 fully saturated rings. The number of fused-ring (bicyclic) bond motifs is 2. The van der Waals surface area contributed by atoms with Gasteiger partial charge in [-0.05, 0) is 32.9 Å². The SMILES string of the molecule is Cc1cn2cc(NC(=O)c3ccc(N4C[C@@H](C)N[C@@H](C)C4)c4nccnc34)cc(Oc3cncc(Cl)c3)c2n1. The molecule has 1 aromatic carbocycles. The van der Waals surface area contributed by atoms with Crippen molar-refractivity contribution in [1.82, 2.24) is 29.7 Å². The molecule has 0 saturated carbocycles. The molecule has 5 aromatic rings. The summed E-state index contributed by atoms with van der Waals surface area (Å²) in [6.45, 7) is 7.91. The molecule has 6 rings (SSSR count). The van der Waals surface area contributed by atoms with Crippen molar-refractivity contribution >= 4 is 45.6 Å². The van der Waals surface area contributed by atoms with E-state index in [-0.39, 0.29) is 5.91 Å². The molecule has 1 saturated heterocycles. The number of benzene rings is 1. The number of pyridine rings is 2. The lowest BCUT2D eigenvalue weighted by molar-refractivity contribution is 0.102. The summed E-state index contributed by atoms with van der Waals surface area (Å²) in [7, 11) is 0. The lowest BCUT2D eigenvalue weighted by Crippen LogP contribution is -2.54. The zero-order chi connectivity index (χ0) is 27.1. The van der Waals surface area contributed by atoms with Crippen molar-refractivity contribution in [3.05, 3.63) is 77.7 Å². The average Bonchev–Trinajstić information content (AvgIpc) is 3.28. The van der Waals surface area contributed by atoms with E-state index < -0.39 is 0 Å². The third-order valence-electron chi connectivity index (χ3n) is 6.55. The second kappa shape index (κ2) is 10.1. The van der Waals surface area contributed by atoms with Crippen LogP contribution in [0.15, 0.2) is 61.4 Å². The van der Waals surface area contributed by atoms with E-state index in [1.54, 1.807) is 36.9 Å². The maximum absolute atomic E-state index is 13.6. The van der Waals surface area contributed by atoms with Crippen LogP contribution in [0.3, 0.4) is 0 Å². The predicted octanol–water partition coefficient (Wildman–Crippen LogP) is 4.87. The van der Waals surface area contributed by atoms with E-state index in [4.69, 9.17) is 16.3 Å². The Morgan fingerprint density at radius 1 is 1.08 bits per heavy atom. The first-order valence-electron chi connectivity index (χ1n) is 12.7. The number of piperazine rings is 1. The molecule has 1 aliphatic heterocycles. The normalized spacial score (nSPS) is 17.5. The van der Waals surface area contributed by atoms with Crippen LogP contribution in [-0.2, 0) is 0 Å². The Hall–Kier alpha value is -4.28. The molecule has 0 unspecified atom stereocenters. The first kappa shape index (κ1) is 25.0. The standard InChI is InChI=1S/C28H27ClN8O2/c1-16-12-36(13-17(2)33-16)23-5-4-22(25-26(23)32-7-6-31-25)28(38)35-20-9-24(27-34-18(3)14-37(27)15-20)39-21-8-19(29)10-30-11-21/h4-11,14-17,33H,12-13H2,1-3H3,(H,35,38)/t16-,17+. The maximum Gasteiger partial charge on any atom is 0.257 e. The Kier molecular flexibility index (Phi) is 6.49. The number of ether oxygens (including phenoxy) is 1. The van der Waals surface area contributed by atoms with Crippen LogP contribution in [0.5, 0.6) is 11.5 Å². The quantitative estimate of drug-likeness (QED) is 0.324. The molecule has 1 amide bonds. The lowest BCUT2D eigenvalue weighted by atomic mass is 10.1. The van der Waals surface area contributed by atoms with Gasteiger partial charge in [0, 0.05) is 68.3 Å². The van der Waals surface area contributed by atoms with Crippen molar-refractivity contribution in [3.8, 4) is 11.5 Å². The number of hydrogen-bond acceptors (Lipinski definition) is 8. The van der Waals surface area contributed by atoms with Crippen LogP contribution in [0.4, 0.5) is 11.4 Å². The Morgan fingerprint density at radius 3 is 2.62 bits per heavy atom. The highest BCUT2D eigenvalue weighted by Crippen LogP contribution is 2.32. The van der Waals surface area contributed by atoms with Gasteiger partial charge in [-0.15, -0.1) is 0 Å². The maximum atomic E-state index is 13.6. The monoisotopic (exact) mass is 542 g/mol. The van der Waals surface area contributed by atoms with Gasteiger partial charge >= 0.3 is 0 Å². The second-order valence-electron chi connectivity index (χ2n) is 9.86. The lowest BCUT2D eigenvalue weighted by Gasteiger charge is -2.38. The van der Waals surface area contributed by atoms with Gasteiger partial charge in [0.25, 0.3) is 5.91 Å². The third-order valence-corrected chi connectivity index (χ3v) is 6.76. The number of imidazole rings is 1. The number of rotatable bonds is 5. The number of anilines is 2. The van der Waals surface area contributed by atoms with Gasteiger partial charge in [0.05, 0.1) is 33.9 Å². The molecular formula is C28H27ClN8O2. The summed E-state index contributed by atoms with van der Waals surface area (Å²) >= 11 is 6.09. The molecule has 2 N–H and O–H groups in total. The van der Waals surface area contributed by atoms with Crippen LogP contribution in [0.2, 0.25) is 5.02 Å². The molecule has 0 radical (unpaired) electrons. The minimum absolute atomic E-state index is 0.305. The number of hydrogen-bond donors (Lipinski definition) is 2. The summed E-state index contributed by atoms with van der Waals surface area (Å²) in [5, 5.41) is 7.01. The molecule has 11 heteroatoms. The van der Waals surface area contributed by atoms with Gasteiger partial charge < -0.3 is 24.7 Å². The highest BCUT2D eigenvalue weighted by Gasteiger charge is 2.25. The van der Waals surface area contributed by atoms with E-state index in [0.29, 0.717) is 56.5 Å². The van der Waals surface area contributed by atoms with E-state index in [2.05, 4.69) is 49.3 Å². The molecule has 10 nitrogen and oxygen atoms in total. The van der Waals surface area contributed by atoms with E-state index in [1.165, 1.54) is 6.20 Å². The summed E-state index contributed by atoms with van der Waals surface area (Å²) < 4.78 is 7.88. The number of aryl methyl sites for hydroxylation is 1. The van der Waals surface area contributed by atoms with Crippen LogP contribution < -0.4 is 20.3 Å². The summed E-state index contributed by atoms with van der Waals surface area (Å²) in [6.07, 6.45) is 10.0. The Morgan fingerprint density at radius 2 is 1.85 bits per heavy atom. The Balaban J connectivity index is 1.34. The number of aromatic nitrogens is 5. The van der Waals surface area contributed by atoms with Crippen LogP contribution in [0.25, 0.3) is 16.7 Å². The van der Waals surface area contributed by atoms with Crippen LogP contribution in [0.1, 0.15) is 29.9 Å². The molecule has 0 spiro atoms. The third kappa shape index (κ3) is 5.08. The topological polar surface area (TPSA) is 110 Å². The first-order valence-corrected chi connectivity index (χ1v) is 13.1. The van der Waals surface area contributed by atoms with Crippen molar-refractivity contribution in [2.24, 2.45) is 0 Å². The van der Waals surface area contributed by atoms with Gasteiger partial charge in [0.2, 0.25) is 0 Å². The molecule has 198 valence electrons. The van der Waals surface area contributed by atoms with Crippen molar-refractivity contribution in [2.45, 2.75) is 32.9 Å². The molecular weight excluding hydrogens is 516 g/mol. The second-order valence-corrected chi connectivity index (χ2v) is 10.3. The number of amides is 1. The largest absolute Gasteiger partial charge is 0.452 e. The zero-order valence-corrected chi connectivity index (χ0v) is 22.5. The summed E-state index contributed by atoms with van der Waals surface area (Å²) in [5.74, 6) is 0.606. The van der Waals surface area contributed by atoms with Gasteiger partial charge in [-0.1, -0.05) is 11.6 Å². The van der Waals surface area contributed by atoms with Gasteiger partial charge in [0.15, 0.2) is 11.4 Å². The van der Waals surface area contributed by atoms with Crippen molar-refractivity contribution in [2.75, 3.05) is 23.3 Å². The number of nitrogens with zero attached hydrogens (tertiary/aromatic N) is 6. The van der Waals surface area contributed by atoms with E-state index in [1.807, 2.05) is 29.7 Å². The minimum Gasteiger partial charge on any atom is -0.452 e. The van der Waals surface area contributed by atoms with Gasteiger partial charge in [-0.25, -0.2) is 4.98 Å². The van der Waals surface area contributed by atoms with Crippen molar-refractivity contribution in [1.29, 1.82) is 0 Å². The van der Waals surface area contributed by atoms with Crippen LogP contribution in [-0.4, -0.2) is 55.4 Å². The summed E-state index contributed by atoms with van der Waals surface area (Å²) in [4.78, 5) is 33.7. The smallest absolute Gasteiger partial charge is 0.257 e. The zero-order valence-electron chi connectivity index (χ0n) is 21.7. The molecule has 2 atom stereocenters. The van der Waals surface area contributed by atoms with Crippen LogP contribution >= 0.6 is 11.6 Å². The summed E-state index contributed by atoms with van der Waals surface area (Å²) in [5.41, 5.74) is 4.58. The molecule has 5 heterocycles. The predicted molar refractivity (Wildman–Crippen MR) is 151 cm³/mol. The van der Waals surface area contributed by atoms with E-state index >= 15 is 0 Å². The first-order chi connectivity index (χ1) is 18.8. The Labute approximate surface area is 230 Å². The van der Waals surface area contributed by atoms with Gasteiger partial charge in [-0.2, -0.15) is 0 Å². The average molecular weight is 543 g/mol. The minimum atomic E-state index is -0.305. The fourth-order valence-corrected chi connectivity index (χ4v) is 5.28. The molecule has 1 aliphatic rings. The number of carbonyl (C=O) groups excluding carboxylic acids is 1.